The Bertz CT molecular complexity index is 1150. The summed E-state index contributed by atoms with van der Waals surface area (Å²) in [7, 11) is 3.23. The van der Waals surface area contributed by atoms with Crippen LogP contribution >= 0.6 is 0 Å². The maximum atomic E-state index is 11.4. The van der Waals surface area contributed by atoms with Gasteiger partial charge in [0.25, 0.3) is 0 Å². The number of alkyl carbamates (subject to hydrolysis) is 1. The van der Waals surface area contributed by atoms with E-state index in [2.05, 4.69) is 24.1 Å². The summed E-state index contributed by atoms with van der Waals surface area (Å²) in [5.41, 5.74) is 2.79. The van der Waals surface area contributed by atoms with Crippen molar-refractivity contribution in [3.05, 3.63) is 65.5 Å². The Hall–Kier alpha value is -3.88. The van der Waals surface area contributed by atoms with Crippen LogP contribution in [-0.2, 0) is 27.2 Å². The van der Waals surface area contributed by atoms with Gasteiger partial charge in [0.2, 0.25) is 11.8 Å². The smallest absolute Gasteiger partial charge is 0.407 e. The second kappa shape index (κ2) is 11.7. The fourth-order valence-electron chi connectivity index (χ4n) is 4.12. The van der Waals surface area contributed by atoms with E-state index in [0.29, 0.717) is 30.6 Å². The van der Waals surface area contributed by atoms with E-state index >= 15 is 0 Å². The zero-order chi connectivity index (χ0) is 25.5. The number of aromatic nitrogens is 1. The minimum Gasteiger partial charge on any atom is -0.487 e. The number of amides is 1. The number of benzene rings is 1. The molecule has 1 saturated heterocycles. The second-order valence-corrected chi connectivity index (χ2v) is 8.94. The van der Waals surface area contributed by atoms with Gasteiger partial charge in [-0.25, -0.2) is 14.8 Å². The molecule has 36 heavy (non-hydrogen) atoms. The number of nitrogens with one attached hydrogen (secondary N) is 1. The summed E-state index contributed by atoms with van der Waals surface area (Å²) in [6, 6.07) is 9.15. The van der Waals surface area contributed by atoms with E-state index in [9.17, 15) is 4.79 Å². The third-order valence-electron chi connectivity index (χ3n) is 6.03. The molecule has 1 amide bonds. The van der Waals surface area contributed by atoms with Gasteiger partial charge in [-0.2, -0.15) is 0 Å². The highest BCUT2D eigenvalue weighted by Crippen LogP contribution is 2.28. The number of rotatable bonds is 8. The van der Waals surface area contributed by atoms with Gasteiger partial charge in [0.05, 0.1) is 26.5 Å². The molecule has 9 nitrogen and oxygen atoms in total. The quantitative estimate of drug-likeness (QED) is 0.601. The zero-order valence-electron chi connectivity index (χ0n) is 21.0. The Morgan fingerprint density at radius 2 is 1.89 bits per heavy atom. The van der Waals surface area contributed by atoms with Crippen LogP contribution in [0.15, 0.2) is 58.8 Å². The SMILES string of the molecule is COC1=N[C@H](C(C)C)C(OC)=N[C@H]1Cc1c(/C=C\[C@H]2COC(=O)N2)cncc1OCc1ccccc1. The molecule has 2 aliphatic rings. The van der Waals surface area contributed by atoms with Crippen molar-refractivity contribution in [3.8, 4) is 5.75 Å². The Morgan fingerprint density at radius 1 is 1.11 bits per heavy atom. The zero-order valence-corrected chi connectivity index (χ0v) is 21.0. The number of cyclic esters (lactones) is 1. The number of hydrogen-bond acceptors (Lipinski definition) is 8. The van der Waals surface area contributed by atoms with Crippen LogP contribution in [0.4, 0.5) is 4.79 Å². The van der Waals surface area contributed by atoms with Gasteiger partial charge >= 0.3 is 6.09 Å². The van der Waals surface area contributed by atoms with E-state index in [-0.39, 0.29) is 30.7 Å². The van der Waals surface area contributed by atoms with Crippen molar-refractivity contribution in [2.24, 2.45) is 15.9 Å². The maximum Gasteiger partial charge on any atom is 0.407 e. The molecular formula is C27H32N4O5. The average molecular weight is 493 g/mol. The lowest BCUT2D eigenvalue weighted by Crippen LogP contribution is -2.38. The van der Waals surface area contributed by atoms with Crippen molar-refractivity contribution in [3.63, 3.8) is 0 Å². The fraction of sp³-hybridized carbons (Fsp3) is 0.407. The molecule has 0 radical (unpaired) electrons. The topological polar surface area (TPSA) is 104 Å². The van der Waals surface area contributed by atoms with Gasteiger partial charge in [-0.05, 0) is 17.0 Å². The first kappa shape index (κ1) is 25.2. The highest BCUT2D eigenvalue weighted by Gasteiger charge is 2.32. The molecule has 4 rings (SSSR count). The summed E-state index contributed by atoms with van der Waals surface area (Å²) >= 11 is 0. The third-order valence-corrected chi connectivity index (χ3v) is 6.03. The summed E-state index contributed by atoms with van der Waals surface area (Å²) in [5, 5.41) is 2.75. The number of hydrogen-bond donors (Lipinski definition) is 1. The summed E-state index contributed by atoms with van der Waals surface area (Å²) < 4.78 is 22.5. The van der Waals surface area contributed by atoms with Crippen LogP contribution in [-0.4, -0.2) is 61.8 Å². The first-order chi connectivity index (χ1) is 17.5. The van der Waals surface area contributed by atoms with E-state index in [0.717, 1.165) is 16.7 Å². The highest BCUT2D eigenvalue weighted by atomic mass is 16.6. The first-order valence-corrected chi connectivity index (χ1v) is 12.0. The molecule has 3 atom stereocenters. The molecule has 1 N–H and O–H groups in total. The summed E-state index contributed by atoms with van der Waals surface area (Å²) in [6.07, 6.45) is 7.32. The largest absolute Gasteiger partial charge is 0.487 e. The number of methoxy groups -OCH3 is 2. The van der Waals surface area contributed by atoms with Crippen LogP contribution in [0.3, 0.4) is 0 Å². The van der Waals surface area contributed by atoms with Crippen molar-refractivity contribution in [2.75, 3.05) is 20.8 Å². The van der Waals surface area contributed by atoms with Gasteiger partial charge in [0.15, 0.2) is 0 Å². The summed E-state index contributed by atoms with van der Waals surface area (Å²) in [6.45, 7) is 4.82. The molecule has 0 aliphatic carbocycles. The van der Waals surface area contributed by atoms with E-state index in [1.807, 2.05) is 42.5 Å². The molecule has 190 valence electrons. The molecule has 9 heteroatoms. The van der Waals surface area contributed by atoms with E-state index in [1.54, 1.807) is 26.6 Å². The van der Waals surface area contributed by atoms with E-state index in [1.165, 1.54) is 0 Å². The number of pyridine rings is 1. The van der Waals surface area contributed by atoms with Crippen molar-refractivity contribution >= 4 is 24.0 Å². The van der Waals surface area contributed by atoms with Crippen molar-refractivity contribution in [2.45, 2.75) is 45.0 Å². The van der Waals surface area contributed by atoms with Crippen molar-refractivity contribution in [1.29, 1.82) is 0 Å². The molecule has 1 fully saturated rings. The highest BCUT2D eigenvalue weighted by molar-refractivity contribution is 5.94. The van der Waals surface area contributed by atoms with Gasteiger partial charge in [-0.1, -0.05) is 56.3 Å². The number of aliphatic imine (C=N–C) groups is 2. The van der Waals surface area contributed by atoms with Crippen LogP contribution in [0.1, 0.15) is 30.5 Å². The minimum atomic E-state index is -0.424. The number of carbonyl (C=O) groups is 1. The normalized spacial score (nSPS) is 21.6. The van der Waals surface area contributed by atoms with Gasteiger partial charge in [0, 0.05) is 18.2 Å². The first-order valence-electron chi connectivity index (χ1n) is 12.0. The molecule has 0 unspecified atom stereocenters. The van der Waals surface area contributed by atoms with Gasteiger partial charge in [0.1, 0.15) is 31.0 Å². The fourth-order valence-corrected chi connectivity index (χ4v) is 4.12. The summed E-state index contributed by atoms with van der Waals surface area (Å²) in [5.74, 6) is 1.98. The predicted molar refractivity (Wildman–Crippen MR) is 137 cm³/mol. The monoisotopic (exact) mass is 492 g/mol. The predicted octanol–water partition coefficient (Wildman–Crippen LogP) is 3.82. The molecule has 0 saturated carbocycles. The Morgan fingerprint density at radius 3 is 2.56 bits per heavy atom. The Labute approximate surface area is 211 Å². The molecule has 3 heterocycles. The van der Waals surface area contributed by atoms with Gasteiger partial charge < -0.3 is 24.3 Å². The number of nitrogens with zero attached hydrogens (tertiary/aromatic N) is 3. The molecule has 0 spiro atoms. The van der Waals surface area contributed by atoms with Crippen LogP contribution in [0.25, 0.3) is 6.08 Å². The van der Waals surface area contributed by atoms with Crippen molar-refractivity contribution < 1.29 is 23.7 Å². The molecule has 2 aromatic rings. The number of carbonyl (C=O) groups excluding carboxylic acids is 1. The molecule has 1 aromatic carbocycles. The van der Waals surface area contributed by atoms with Crippen LogP contribution in [0.5, 0.6) is 5.75 Å². The van der Waals surface area contributed by atoms with Gasteiger partial charge in [-0.3, -0.25) is 4.98 Å². The van der Waals surface area contributed by atoms with Crippen molar-refractivity contribution in [1.82, 2.24) is 10.3 Å². The van der Waals surface area contributed by atoms with Crippen LogP contribution in [0.2, 0.25) is 0 Å². The lowest BCUT2D eigenvalue weighted by molar-refractivity contribution is 0.177. The summed E-state index contributed by atoms with van der Waals surface area (Å²) in [4.78, 5) is 25.5. The maximum absolute atomic E-state index is 11.4. The van der Waals surface area contributed by atoms with E-state index < -0.39 is 6.09 Å². The Balaban J connectivity index is 1.66. The van der Waals surface area contributed by atoms with Crippen LogP contribution in [0, 0.1) is 5.92 Å². The Kier molecular flexibility index (Phi) is 8.20. The third kappa shape index (κ3) is 6.02. The molecule has 0 bridgehead atoms. The number of ether oxygens (including phenoxy) is 4. The lowest BCUT2D eigenvalue weighted by atomic mass is 9.97. The van der Waals surface area contributed by atoms with Gasteiger partial charge in [-0.15, -0.1) is 0 Å². The second-order valence-electron chi connectivity index (χ2n) is 8.94. The van der Waals surface area contributed by atoms with Crippen LogP contribution < -0.4 is 10.1 Å². The lowest BCUT2D eigenvalue weighted by Gasteiger charge is -2.27. The standard InChI is InChI=1S/C27H32N4O5/c1-17(2)24-26(34-4)30-22(25(31-24)33-3)12-21-19(10-11-20-16-36-27(32)29-20)13-28-14-23(21)35-15-18-8-6-5-7-9-18/h5-11,13-14,17,20,22,24H,12,15-16H2,1-4H3,(H,29,32)/b11-10-/t20-,22-,24+/m0/s1. The molecule has 2 aliphatic heterocycles. The molecular weight excluding hydrogens is 460 g/mol. The van der Waals surface area contributed by atoms with E-state index in [4.69, 9.17) is 28.9 Å². The minimum absolute atomic E-state index is 0.196. The molecule has 1 aromatic heterocycles. The average Bonchev–Trinajstić information content (AvgIpc) is 3.32.